The average Bonchev–Trinajstić information content (AvgIpc) is 3.69. The third-order valence-corrected chi connectivity index (χ3v) is 15.3. The summed E-state index contributed by atoms with van der Waals surface area (Å²) in [5.41, 5.74) is 6.28. The first-order chi connectivity index (χ1) is 39.7. The third kappa shape index (κ3) is 22.4. The Hall–Kier alpha value is -7.26. The lowest BCUT2D eigenvalue weighted by Gasteiger charge is -2.30. The number of amides is 11. The van der Waals surface area contributed by atoms with Crippen molar-refractivity contribution in [2.45, 2.75) is 207 Å². The molecule has 27 heteroatoms. The van der Waals surface area contributed by atoms with Gasteiger partial charge in [0.25, 0.3) is 0 Å². The van der Waals surface area contributed by atoms with E-state index in [0.717, 1.165) is 5.56 Å². The van der Waals surface area contributed by atoms with Crippen LogP contribution in [-0.2, 0) is 68.7 Å². The molecule has 1 aliphatic rings. The Morgan fingerprint density at radius 2 is 1.01 bits per heavy atom. The summed E-state index contributed by atoms with van der Waals surface area (Å²) in [6.45, 7) is 16.2. The number of nitrogens with two attached hydrogens (primary N) is 1. The zero-order valence-corrected chi connectivity index (χ0v) is 50.7. The van der Waals surface area contributed by atoms with Crippen molar-refractivity contribution in [2.75, 3.05) is 20.3 Å². The number of ether oxygens (including phenoxy) is 1. The Kier molecular flexibility index (Phi) is 31.6. The van der Waals surface area contributed by atoms with Crippen LogP contribution >= 0.6 is 0 Å². The van der Waals surface area contributed by atoms with Crippen LogP contribution in [-0.4, -0.2) is 174 Å². The lowest BCUT2D eigenvalue weighted by molar-refractivity contribution is -0.157. The Labute approximate surface area is 492 Å². The van der Waals surface area contributed by atoms with Crippen molar-refractivity contribution in [2.24, 2.45) is 29.4 Å². The molecule has 1 fully saturated rings. The first-order valence-electron chi connectivity index (χ1n) is 29.1. The molecule has 1 unspecified atom stereocenters. The maximum atomic E-state index is 14.2. The second kappa shape index (κ2) is 36.4. The number of primary amides is 1. The quantitative estimate of drug-likeness (QED) is 0.0343. The minimum atomic E-state index is -1.80. The van der Waals surface area contributed by atoms with Crippen molar-refractivity contribution in [3.63, 3.8) is 0 Å². The van der Waals surface area contributed by atoms with E-state index in [2.05, 4.69) is 58.5 Å². The van der Waals surface area contributed by atoms with Gasteiger partial charge in [0.1, 0.15) is 66.5 Å². The molecule has 1 saturated heterocycles. The highest BCUT2D eigenvalue weighted by Crippen LogP contribution is 2.17. The van der Waals surface area contributed by atoms with Gasteiger partial charge in [-0.25, -0.2) is 4.79 Å². The standard InChI is InChI=1S/C57H94N12O15/c1-13-21-36(61-48(74)37(24-25-41(58)72)62-51(77)39(27-70)63-54(80)43(30(7)15-3)67-50(76)38(59-12)26-35-22-19-18-20-23-35)49(75)66-42(29(6)14-2)53(79)64-40(28-71)52(78)69-46-34(11)84-57(83)45(32(9)17-5)68-55(81)44(31(8)16-4)65-47(73)33(10)60-56(46)82/h18-20,22-23,29-34,36-40,42-46,59,70-71H,13-17,21,24-28H2,1-12H3,(H2,58,72)(H,60,82)(H,61,74)(H,62,77)(H,63,80)(H,64,79)(H,65,73)(H,66,75)(H,67,76)(H,68,81)(H,69,78)/t29-,30-,31?,32-,33-,34-,36+,37+,38+,39-,40-,42-,43-,44-,45-,46+/m0/s1. The van der Waals surface area contributed by atoms with E-state index in [1.165, 1.54) is 13.8 Å². The van der Waals surface area contributed by atoms with E-state index in [9.17, 15) is 67.7 Å². The maximum Gasteiger partial charge on any atom is 0.329 e. The number of cyclic esters (lactones) is 1. The second-order valence-corrected chi connectivity index (χ2v) is 21.8. The first-order valence-corrected chi connectivity index (χ1v) is 29.1. The van der Waals surface area contributed by atoms with Gasteiger partial charge in [-0.2, -0.15) is 0 Å². The monoisotopic (exact) mass is 1190 g/mol. The molecule has 2 rings (SSSR count). The predicted octanol–water partition coefficient (Wildman–Crippen LogP) is -2.14. The van der Waals surface area contributed by atoms with Crippen molar-refractivity contribution in [3.8, 4) is 0 Å². The van der Waals surface area contributed by atoms with Crippen LogP contribution in [0.2, 0.25) is 0 Å². The molecule has 1 aromatic carbocycles. The van der Waals surface area contributed by atoms with Gasteiger partial charge in [-0.15, -0.1) is 0 Å². The SMILES string of the molecule is CCC[C@@H](NC(=O)[C@@H](CCC(N)=O)NC(=O)[C@H](CO)NC(=O)[C@@H](NC(=O)[C@@H](Cc1ccccc1)NC)[C@@H](C)CC)C(=O)N[C@H](C(=O)N[C@@H](CO)C(=O)N[C@H]1C(=O)N[C@@H](C)C(=O)N[C@@H](C(C)CC)C(=O)N[C@@H]([C@@H](C)CC)C(=O)O[C@H]1C)[C@@H](C)CC. The molecule has 84 heavy (non-hydrogen) atoms. The summed E-state index contributed by atoms with van der Waals surface area (Å²) in [5.74, 6) is -12.5. The average molecular weight is 1190 g/mol. The fourth-order valence-electron chi connectivity index (χ4n) is 8.89. The van der Waals surface area contributed by atoms with Gasteiger partial charge in [0.2, 0.25) is 65.0 Å². The molecule has 11 amide bonds. The van der Waals surface area contributed by atoms with Gasteiger partial charge in [-0.05, 0) is 69.4 Å². The summed E-state index contributed by atoms with van der Waals surface area (Å²) in [5, 5.41) is 49.2. The maximum absolute atomic E-state index is 14.2. The van der Waals surface area contributed by atoms with Crippen molar-refractivity contribution < 1.29 is 72.5 Å². The van der Waals surface area contributed by atoms with E-state index in [-0.39, 0.29) is 19.3 Å². The first kappa shape index (κ1) is 72.8. The number of carbonyl (C=O) groups excluding carboxylic acids is 12. The molecule has 0 aliphatic carbocycles. The summed E-state index contributed by atoms with van der Waals surface area (Å²) in [6, 6.07) is -5.93. The largest absolute Gasteiger partial charge is 0.458 e. The lowest BCUT2D eigenvalue weighted by atomic mass is 9.95. The Bertz CT molecular complexity index is 2400. The van der Waals surface area contributed by atoms with Crippen LogP contribution in [0.3, 0.4) is 0 Å². The van der Waals surface area contributed by atoms with Gasteiger partial charge in [0.15, 0.2) is 0 Å². The third-order valence-electron chi connectivity index (χ3n) is 15.3. The summed E-state index contributed by atoms with van der Waals surface area (Å²) < 4.78 is 5.70. The molecular weight excluding hydrogens is 1090 g/mol. The van der Waals surface area contributed by atoms with E-state index in [0.29, 0.717) is 25.7 Å². The van der Waals surface area contributed by atoms with E-state index < -0.39 is 193 Å². The van der Waals surface area contributed by atoms with Crippen LogP contribution in [0.15, 0.2) is 30.3 Å². The van der Waals surface area contributed by atoms with Crippen LogP contribution < -0.4 is 64.2 Å². The van der Waals surface area contributed by atoms with Gasteiger partial charge in [0.05, 0.1) is 19.3 Å². The van der Waals surface area contributed by atoms with E-state index in [1.807, 2.05) is 37.3 Å². The molecule has 1 heterocycles. The number of aliphatic hydroxyl groups is 2. The fourth-order valence-corrected chi connectivity index (χ4v) is 8.89. The van der Waals surface area contributed by atoms with E-state index in [1.54, 1.807) is 62.4 Å². The highest BCUT2D eigenvalue weighted by Gasteiger charge is 2.41. The Morgan fingerprint density at radius 3 is 1.49 bits per heavy atom. The molecule has 0 spiro atoms. The topological polar surface area (TPSA) is 413 Å². The van der Waals surface area contributed by atoms with Crippen molar-refractivity contribution >= 4 is 70.9 Å². The number of hydrogen-bond donors (Lipinski definition) is 14. The highest BCUT2D eigenvalue weighted by molar-refractivity contribution is 5.99. The van der Waals surface area contributed by atoms with Crippen molar-refractivity contribution in [1.29, 1.82) is 0 Å². The zero-order chi connectivity index (χ0) is 63.5. The predicted molar refractivity (Wildman–Crippen MR) is 309 cm³/mol. The van der Waals surface area contributed by atoms with Gasteiger partial charge in [-0.1, -0.05) is 125 Å². The minimum absolute atomic E-state index is 0.0300. The number of rotatable bonds is 32. The number of carbonyl (C=O) groups is 12. The second-order valence-electron chi connectivity index (χ2n) is 21.8. The summed E-state index contributed by atoms with van der Waals surface area (Å²) in [6.07, 6.45) is -0.161. The number of benzene rings is 1. The molecule has 0 radical (unpaired) electrons. The summed E-state index contributed by atoms with van der Waals surface area (Å²) in [4.78, 5) is 164. The summed E-state index contributed by atoms with van der Waals surface area (Å²) >= 11 is 0. The molecular formula is C57H94N12O15. The van der Waals surface area contributed by atoms with Crippen LogP contribution in [0.25, 0.3) is 0 Å². The van der Waals surface area contributed by atoms with Crippen LogP contribution in [0, 0.1) is 23.7 Å². The molecule has 27 nitrogen and oxygen atoms in total. The Morgan fingerprint density at radius 1 is 0.560 bits per heavy atom. The summed E-state index contributed by atoms with van der Waals surface area (Å²) in [7, 11) is 1.60. The molecule has 0 aromatic heterocycles. The van der Waals surface area contributed by atoms with Crippen molar-refractivity contribution in [3.05, 3.63) is 35.9 Å². The van der Waals surface area contributed by atoms with Gasteiger partial charge >= 0.3 is 5.97 Å². The highest BCUT2D eigenvalue weighted by atomic mass is 16.5. The molecule has 472 valence electrons. The fraction of sp³-hybridized carbons (Fsp3) is 0.684. The number of aliphatic hydroxyl groups excluding tert-OH is 2. The lowest BCUT2D eigenvalue weighted by Crippen LogP contribution is -2.63. The van der Waals surface area contributed by atoms with Crippen molar-refractivity contribution in [1.82, 2.24) is 58.5 Å². The molecule has 0 saturated carbocycles. The van der Waals surface area contributed by atoms with E-state index >= 15 is 0 Å². The van der Waals surface area contributed by atoms with Crippen LogP contribution in [0.5, 0.6) is 0 Å². The van der Waals surface area contributed by atoms with Gasteiger partial charge in [0, 0.05) is 6.42 Å². The molecule has 1 aromatic rings. The smallest absolute Gasteiger partial charge is 0.329 e. The van der Waals surface area contributed by atoms with E-state index in [4.69, 9.17) is 10.5 Å². The molecule has 1 aliphatic heterocycles. The van der Waals surface area contributed by atoms with Crippen LogP contribution in [0.4, 0.5) is 0 Å². The van der Waals surface area contributed by atoms with Gasteiger partial charge < -0.3 is 79.2 Å². The van der Waals surface area contributed by atoms with Crippen LogP contribution in [0.1, 0.15) is 133 Å². The number of esters is 1. The molecule has 15 N–H and O–H groups in total. The Balaban J connectivity index is 2.37. The molecule has 16 atom stereocenters. The minimum Gasteiger partial charge on any atom is -0.458 e. The number of hydrogen-bond acceptors (Lipinski definition) is 16. The van der Waals surface area contributed by atoms with Gasteiger partial charge in [-0.3, -0.25) is 52.7 Å². The molecule has 0 bridgehead atoms. The number of likely N-dealkylation sites (N-methyl/N-ethyl adjacent to an activating group) is 1. The zero-order valence-electron chi connectivity index (χ0n) is 50.7. The normalized spacial score (nSPS) is 21.6. The number of nitrogens with one attached hydrogen (secondary N) is 11.